The lowest BCUT2D eigenvalue weighted by molar-refractivity contribution is 0.0521. The van der Waals surface area contributed by atoms with Gasteiger partial charge < -0.3 is 23.5 Å². The average molecular weight is 427 g/mol. The summed E-state index contributed by atoms with van der Waals surface area (Å²) in [6, 6.07) is 5.35. The van der Waals surface area contributed by atoms with Crippen molar-refractivity contribution in [3.63, 3.8) is 0 Å². The highest BCUT2D eigenvalue weighted by Gasteiger charge is 2.41. The number of pyridine rings is 1. The molecular formula is C24H29NO6. The zero-order valence-corrected chi connectivity index (χ0v) is 18.9. The Hall–Kier alpha value is -2.96. The van der Waals surface area contributed by atoms with Crippen LogP contribution in [0.5, 0.6) is 17.2 Å². The molecule has 2 aliphatic rings. The summed E-state index contributed by atoms with van der Waals surface area (Å²) in [6.45, 7) is 8.15. The molecule has 1 aromatic carbocycles. The van der Waals surface area contributed by atoms with E-state index in [2.05, 4.69) is 20.8 Å². The standard InChI is InChI=1S/C24H29NO6/c1-7-30-23(27)16-10-15-20(25(22(16)26)13-8-9-13)14-11-18(28-5)19(29-6)12-17(14)31-21(15)24(2,3)4/h10-13,21H,7-9H2,1-6H3. The van der Waals surface area contributed by atoms with Crippen molar-refractivity contribution in [2.24, 2.45) is 5.41 Å². The van der Waals surface area contributed by atoms with Crippen molar-refractivity contribution < 1.29 is 23.7 Å². The molecule has 1 aliphatic heterocycles. The van der Waals surface area contributed by atoms with Crippen molar-refractivity contribution in [2.45, 2.75) is 52.7 Å². The Morgan fingerprint density at radius 1 is 1.13 bits per heavy atom. The minimum Gasteiger partial charge on any atom is -0.493 e. The molecule has 1 fully saturated rings. The van der Waals surface area contributed by atoms with Gasteiger partial charge in [-0.15, -0.1) is 0 Å². The number of ether oxygens (including phenoxy) is 4. The van der Waals surface area contributed by atoms with Crippen LogP contribution < -0.4 is 19.8 Å². The summed E-state index contributed by atoms with van der Waals surface area (Å²) in [5.74, 6) is 1.13. The molecule has 0 bridgehead atoms. The Balaban J connectivity index is 2.07. The summed E-state index contributed by atoms with van der Waals surface area (Å²) in [7, 11) is 3.15. The van der Waals surface area contributed by atoms with Crippen LogP contribution in [0.1, 0.15) is 68.6 Å². The van der Waals surface area contributed by atoms with Crippen LogP contribution in [-0.2, 0) is 4.74 Å². The van der Waals surface area contributed by atoms with Crippen molar-refractivity contribution in [1.29, 1.82) is 0 Å². The van der Waals surface area contributed by atoms with E-state index < -0.39 is 5.97 Å². The van der Waals surface area contributed by atoms with Gasteiger partial charge in [-0.3, -0.25) is 4.79 Å². The molecule has 4 rings (SSSR count). The zero-order valence-electron chi connectivity index (χ0n) is 18.9. The van der Waals surface area contributed by atoms with Gasteiger partial charge in [0.15, 0.2) is 11.5 Å². The number of hydrogen-bond donors (Lipinski definition) is 0. The van der Waals surface area contributed by atoms with E-state index in [0.717, 1.165) is 29.7 Å². The second kappa shape index (κ2) is 7.62. The normalized spacial score (nSPS) is 17.3. The minimum atomic E-state index is -0.601. The van der Waals surface area contributed by atoms with Crippen LogP contribution in [0.3, 0.4) is 0 Å². The lowest BCUT2D eigenvalue weighted by atomic mass is 9.80. The number of nitrogens with zero attached hydrogens (tertiary/aromatic N) is 1. The van der Waals surface area contributed by atoms with Gasteiger partial charge in [0.05, 0.1) is 26.5 Å². The van der Waals surface area contributed by atoms with Crippen molar-refractivity contribution in [3.05, 3.63) is 39.7 Å². The number of esters is 1. The predicted octanol–water partition coefficient (Wildman–Crippen LogP) is 4.52. The molecule has 166 valence electrons. The Labute approximate surface area is 181 Å². The van der Waals surface area contributed by atoms with Crippen LogP contribution in [-0.4, -0.2) is 31.4 Å². The molecule has 7 heteroatoms. The fourth-order valence-corrected chi connectivity index (χ4v) is 4.15. The first-order chi connectivity index (χ1) is 14.7. The van der Waals surface area contributed by atoms with E-state index in [1.54, 1.807) is 37.8 Å². The molecule has 2 heterocycles. The van der Waals surface area contributed by atoms with Crippen LogP contribution in [0.15, 0.2) is 23.0 Å². The van der Waals surface area contributed by atoms with Crippen LogP contribution >= 0.6 is 0 Å². The number of hydrogen-bond acceptors (Lipinski definition) is 6. The summed E-state index contributed by atoms with van der Waals surface area (Å²) in [5, 5.41) is 0. The number of benzene rings is 1. The lowest BCUT2D eigenvalue weighted by Crippen LogP contribution is -2.34. The molecule has 0 radical (unpaired) electrons. The number of aromatic nitrogens is 1. The molecule has 0 spiro atoms. The van der Waals surface area contributed by atoms with Gasteiger partial charge in [-0.1, -0.05) is 20.8 Å². The van der Waals surface area contributed by atoms with Gasteiger partial charge in [-0.25, -0.2) is 4.79 Å². The quantitative estimate of drug-likeness (QED) is 0.653. The minimum absolute atomic E-state index is 0.0503. The van der Waals surface area contributed by atoms with Gasteiger partial charge in [0.2, 0.25) is 0 Å². The first-order valence-electron chi connectivity index (χ1n) is 10.6. The molecule has 2 aromatic rings. The van der Waals surface area contributed by atoms with Crippen molar-refractivity contribution in [3.8, 4) is 28.5 Å². The van der Waals surface area contributed by atoms with Gasteiger partial charge in [0, 0.05) is 28.7 Å². The monoisotopic (exact) mass is 427 g/mol. The highest BCUT2D eigenvalue weighted by atomic mass is 16.5. The predicted molar refractivity (Wildman–Crippen MR) is 116 cm³/mol. The molecule has 7 nitrogen and oxygen atoms in total. The Morgan fingerprint density at radius 3 is 2.32 bits per heavy atom. The second-order valence-electron chi connectivity index (χ2n) is 9.06. The van der Waals surface area contributed by atoms with Gasteiger partial charge >= 0.3 is 5.97 Å². The topological polar surface area (TPSA) is 76.0 Å². The van der Waals surface area contributed by atoms with Crippen LogP contribution in [0.4, 0.5) is 0 Å². The fourth-order valence-electron chi connectivity index (χ4n) is 4.15. The fraction of sp³-hybridized carbons (Fsp3) is 0.500. The number of rotatable bonds is 5. The maximum Gasteiger partial charge on any atom is 0.343 e. The van der Waals surface area contributed by atoms with Crippen LogP contribution in [0.2, 0.25) is 0 Å². The van der Waals surface area contributed by atoms with E-state index in [0.29, 0.717) is 17.2 Å². The molecule has 1 saturated carbocycles. The maximum atomic E-state index is 13.4. The van der Waals surface area contributed by atoms with E-state index in [1.807, 2.05) is 6.07 Å². The van der Waals surface area contributed by atoms with Crippen LogP contribution in [0.25, 0.3) is 11.3 Å². The summed E-state index contributed by atoms with van der Waals surface area (Å²) in [5.41, 5.74) is 1.78. The molecule has 0 N–H and O–H groups in total. The Bertz CT molecular complexity index is 1090. The van der Waals surface area contributed by atoms with Crippen molar-refractivity contribution in [2.75, 3.05) is 20.8 Å². The van der Waals surface area contributed by atoms with Gasteiger partial charge in [-0.2, -0.15) is 0 Å². The number of carbonyl (C=O) groups excluding carboxylic acids is 1. The van der Waals surface area contributed by atoms with E-state index in [-0.39, 0.29) is 35.3 Å². The molecule has 1 aliphatic carbocycles. The van der Waals surface area contributed by atoms with E-state index >= 15 is 0 Å². The molecule has 1 unspecified atom stereocenters. The third-order valence-corrected chi connectivity index (χ3v) is 5.73. The number of fused-ring (bicyclic) bond motifs is 3. The zero-order chi connectivity index (χ0) is 22.5. The molecular weight excluding hydrogens is 398 g/mol. The van der Waals surface area contributed by atoms with Crippen molar-refractivity contribution in [1.82, 2.24) is 4.57 Å². The second-order valence-corrected chi connectivity index (χ2v) is 9.06. The SMILES string of the molecule is CCOC(=O)c1cc2c(n(C3CC3)c1=O)-c1cc(OC)c(OC)cc1OC2C(C)(C)C. The molecule has 1 aromatic heterocycles. The smallest absolute Gasteiger partial charge is 0.343 e. The third kappa shape index (κ3) is 3.56. The van der Waals surface area contributed by atoms with Crippen LogP contribution in [0, 0.1) is 5.41 Å². The molecule has 0 amide bonds. The first-order valence-corrected chi connectivity index (χ1v) is 10.6. The number of methoxy groups -OCH3 is 2. The largest absolute Gasteiger partial charge is 0.493 e. The Morgan fingerprint density at radius 2 is 1.77 bits per heavy atom. The van der Waals surface area contributed by atoms with Gasteiger partial charge in [0.1, 0.15) is 17.4 Å². The molecule has 1 atom stereocenters. The van der Waals surface area contributed by atoms with E-state index in [4.69, 9.17) is 18.9 Å². The van der Waals surface area contributed by atoms with E-state index in [1.165, 1.54) is 0 Å². The lowest BCUT2D eigenvalue weighted by Gasteiger charge is -2.38. The van der Waals surface area contributed by atoms with E-state index in [9.17, 15) is 9.59 Å². The molecule has 31 heavy (non-hydrogen) atoms. The maximum absolute atomic E-state index is 13.4. The number of carbonyl (C=O) groups is 1. The highest BCUT2D eigenvalue weighted by Crippen LogP contribution is 2.53. The van der Waals surface area contributed by atoms with Gasteiger partial charge in [0.25, 0.3) is 5.56 Å². The van der Waals surface area contributed by atoms with Gasteiger partial charge in [-0.05, 0) is 31.9 Å². The Kier molecular flexibility index (Phi) is 5.23. The summed E-state index contributed by atoms with van der Waals surface area (Å²) in [4.78, 5) is 26.1. The van der Waals surface area contributed by atoms with Crippen molar-refractivity contribution >= 4 is 5.97 Å². The summed E-state index contributed by atoms with van der Waals surface area (Å²) >= 11 is 0. The third-order valence-electron chi connectivity index (χ3n) is 5.73. The summed E-state index contributed by atoms with van der Waals surface area (Å²) < 4.78 is 24.4. The summed E-state index contributed by atoms with van der Waals surface area (Å²) in [6.07, 6.45) is 1.41. The average Bonchev–Trinajstić information content (AvgIpc) is 3.56. The first kappa shape index (κ1) is 21.3. The molecule has 0 saturated heterocycles. The highest BCUT2D eigenvalue weighted by molar-refractivity contribution is 5.90.